The summed E-state index contributed by atoms with van der Waals surface area (Å²) in [7, 11) is 1.51. The van der Waals surface area contributed by atoms with Crippen molar-refractivity contribution in [2.75, 3.05) is 57.1 Å². The van der Waals surface area contributed by atoms with Gasteiger partial charge in [-0.15, -0.1) is 0 Å². The van der Waals surface area contributed by atoms with Gasteiger partial charge in [-0.3, -0.25) is 19.4 Å². The molecule has 0 saturated carbocycles. The molecule has 1 fully saturated rings. The van der Waals surface area contributed by atoms with Gasteiger partial charge in [-0.25, -0.2) is 9.37 Å². The van der Waals surface area contributed by atoms with Crippen molar-refractivity contribution < 1.29 is 28.2 Å². The predicted octanol–water partition coefficient (Wildman–Crippen LogP) is 7.28. The number of benzene rings is 3. The van der Waals surface area contributed by atoms with Gasteiger partial charge >= 0.3 is 0 Å². The number of aromatic nitrogens is 2. The summed E-state index contributed by atoms with van der Waals surface area (Å²) < 4.78 is 32.9. The number of para-hydroxylation sites is 1. The molecule has 5 rings (SSSR count). The maximum Gasteiger partial charge on any atom is 0.262 e. The SMILES string of the molecule is CC[C@@H](C)NC(=O)CCc1ccc(Oc2nc(Nc3ccc(OCCN4CCN(C(C)C)CC4)c(F)c3)ncc2C(=O)Nc2c(C)cccc2C)c(OC)c1. The molecule has 294 valence electrons. The highest BCUT2D eigenvalue weighted by molar-refractivity contribution is 6.06. The Balaban J connectivity index is 1.32. The van der Waals surface area contributed by atoms with Crippen molar-refractivity contribution in [1.82, 2.24) is 25.1 Å². The Morgan fingerprint density at radius 3 is 2.35 bits per heavy atom. The molecule has 1 saturated heterocycles. The number of halogens is 1. The number of nitrogens with zero attached hydrogens (tertiary/aromatic N) is 4. The molecule has 0 spiro atoms. The van der Waals surface area contributed by atoms with Crippen LogP contribution >= 0.6 is 0 Å². The Morgan fingerprint density at radius 2 is 1.67 bits per heavy atom. The largest absolute Gasteiger partial charge is 0.493 e. The summed E-state index contributed by atoms with van der Waals surface area (Å²) in [5.74, 6) is -0.150. The normalized spacial score (nSPS) is 14.0. The second-order valence-electron chi connectivity index (χ2n) is 14.2. The van der Waals surface area contributed by atoms with Crippen LogP contribution in [0.2, 0.25) is 0 Å². The summed E-state index contributed by atoms with van der Waals surface area (Å²) in [4.78, 5) is 39.8. The van der Waals surface area contributed by atoms with Crippen LogP contribution in [-0.4, -0.2) is 90.1 Å². The van der Waals surface area contributed by atoms with Crippen molar-refractivity contribution in [2.24, 2.45) is 0 Å². The molecule has 55 heavy (non-hydrogen) atoms. The monoisotopic (exact) mass is 755 g/mol. The molecule has 3 N–H and O–H groups in total. The van der Waals surface area contributed by atoms with Crippen molar-refractivity contribution in [1.29, 1.82) is 0 Å². The summed E-state index contributed by atoms with van der Waals surface area (Å²) in [6.07, 6.45) is 3.03. The van der Waals surface area contributed by atoms with E-state index in [4.69, 9.17) is 14.2 Å². The summed E-state index contributed by atoms with van der Waals surface area (Å²) in [5.41, 5.74) is 3.79. The Morgan fingerprint density at radius 1 is 0.945 bits per heavy atom. The fraction of sp³-hybridized carbons (Fsp3) is 0.429. The number of carbonyl (C=O) groups is 2. The predicted molar refractivity (Wildman–Crippen MR) is 214 cm³/mol. The van der Waals surface area contributed by atoms with Gasteiger partial charge in [0.25, 0.3) is 5.91 Å². The number of ether oxygens (including phenoxy) is 3. The first-order valence-electron chi connectivity index (χ1n) is 19.0. The van der Waals surface area contributed by atoms with Gasteiger partial charge in [0.15, 0.2) is 23.1 Å². The lowest BCUT2D eigenvalue weighted by Crippen LogP contribution is -2.49. The van der Waals surface area contributed by atoms with E-state index in [-0.39, 0.29) is 35.1 Å². The Bertz CT molecular complexity index is 1910. The minimum Gasteiger partial charge on any atom is -0.493 e. The van der Waals surface area contributed by atoms with E-state index >= 15 is 4.39 Å². The zero-order valence-electron chi connectivity index (χ0n) is 33.0. The highest BCUT2D eigenvalue weighted by Crippen LogP contribution is 2.35. The van der Waals surface area contributed by atoms with Crippen LogP contribution < -0.4 is 30.2 Å². The van der Waals surface area contributed by atoms with Gasteiger partial charge in [-0.2, -0.15) is 4.98 Å². The van der Waals surface area contributed by atoms with Crippen LogP contribution in [0, 0.1) is 19.7 Å². The maximum atomic E-state index is 15.2. The van der Waals surface area contributed by atoms with Crippen molar-refractivity contribution in [3.63, 3.8) is 0 Å². The number of hydrogen-bond acceptors (Lipinski definition) is 10. The van der Waals surface area contributed by atoms with Crippen molar-refractivity contribution in [2.45, 2.75) is 72.9 Å². The molecule has 0 bridgehead atoms. The van der Waals surface area contributed by atoms with Crippen LogP contribution in [0.1, 0.15) is 67.6 Å². The van der Waals surface area contributed by atoms with Gasteiger partial charge in [0, 0.05) is 74.9 Å². The van der Waals surface area contributed by atoms with E-state index in [1.54, 1.807) is 24.3 Å². The van der Waals surface area contributed by atoms with Gasteiger partial charge in [0.2, 0.25) is 17.7 Å². The first kappa shape index (κ1) is 40.9. The molecular formula is C42H54FN7O5. The van der Waals surface area contributed by atoms with E-state index < -0.39 is 11.7 Å². The lowest BCUT2D eigenvalue weighted by molar-refractivity contribution is -0.121. The smallest absolute Gasteiger partial charge is 0.262 e. The highest BCUT2D eigenvalue weighted by Gasteiger charge is 2.22. The Labute approximate surface area is 323 Å². The number of anilines is 3. The number of nitrogens with one attached hydrogen (secondary N) is 3. The molecule has 1 aromatic heterocycles. The molecule has 0 radical (unpaired) electrons. The lowest BCUT2D eigenvalue weighted by Gasteiger charge is -2.36. The molecule has 1 atom stereocenters. The number of amides is 2. The van der Waals surface area contributed by atoms with Crippen LogP contribution in [0.15, 0.2) is 60.8 Å². The molecule has 12 nitrogen and oxygen atoms in total. The third kappa shape index (κ3) is 11.4. The van der Waals surface area contributed by atoms with Crippen LogP contribution in [0.4, 0.5) is 21.7 Å². The van der Waals surface area contributed by atoms with Crippen LogP contribution in [0.5, 0.6) is 23.1 Å². The third-order valence-electron chi connectivity index (χ3n) is 9.80. The zero-order chi connectivity index (χ0) is 39.5. The van der Waals surface area contributed by atoms with E-state index in [2.05, 4.69) is 49.6 Å². The Hall–Kier alpha value is -5.27. The number of methoxy groups -OCH3 is 1. The molecule has 0 aliphatic carbocycles. The van der Waals surface area contributed by atoms with Crippen LogP contribution in [0.3, 0.4) is 0 Å². The van der Waals surface area contributed by atoms with Gasteiger partial charge < -0.3 is 30.2 Å². The topological polar surface area (TPSA) is 130 Å². The minimum absolute atomic E-state index is 0.0254. The van der Waals surface area contributed by atoms with Gasteiger partial charge in [0.1, 0.15) is 12.2 Å². The molecule has 2 amide bonds. The maximum absolute atomic E-state index is 15.2. The average molecular weight is 756 g/mol. The molecule has 4 aromatic rings. The van der Waals surface area contributed by atoms with E-state index in [0.29, 0.717) is 54.9 Å². The van der Waals surface area contributed by atoms with E-state index in [1.165, 1.54) is 19.4 Å². The molecule has 0 unspecified atom stereocenters. The third-order valence-corrected chi connectivity index (χ3v) is 9.80. The van der Waals surface area contributed by atoms with Gasteiger partial charge in [-0.1, -0.05) is 31.2 Å². The molecule has 1 aliphatic rings. The molecule has 1 aliphatic heterocycles. The number of rotatable bonds is 17. The van der Waals surface area contributed by atoms with E-state index in [9.17, 15) is 9.59 Å². The van der Waals surface area contributed by atoms with Gasteiger partial charge in [-0.05, 0) is 88.4 Å². The van der Waals surface area contributed by atoms with Crippen molar-refractivity contribution in [3.8, 4) is 23.1 Å². The highest BCUT2D eigenvalue weighted by atomic mass is 19.1. The molecule has 2 heterocycles. The van der Waals surface area contributed by atoms with Crippen LogP contribution in [-0.2, 0) is 11.2 Å². The summed E-state index contributed by atoms with van der Waals surface area (Å²) >= 11 is 0. The standard InChI is InChI=1S/C42H54FN7O5/c1-8-30(6)45-38(51)17-13-31-12-15-36(37(24-31)53-7)55-41-33(40(52)47-39-28(4)10-9-11-29(39)5)26-44-42(48-41)46-32-14-16-35(34(43)25-32)54-23-22-49-18-20-50(21-19-49)27(2)3/h9-12,14-16,24-27,30H,8,13,17-23H2,1-7H3,(H,45,51)(H,47,52)(H,44,46,48)/t30-/m1/s1. The summed E-state index contributed by atoms with van der Waals surface area (Å²) in [6, 6.07) is 16.3. The van der Waals surface area contributed by atoms with Gasteiger partial charge in [0.05, 0.1) is 7.11 Å². The fourth-order valence-electron chi connectivity index (χ4n) is 6.23. The van der Waals surface area contributed by atoms with E-state index in [0.717, 1.165) is 49.3 Å². The molecule has 3 aromatic carbocycles. The van der Waals surface area contributed by atoms with Crippen molar-refractivity contribution >= 4 is 29.1 Å². The first-order valence-corrected chi connectivity index (χ1v) is 19.0. The summed E-state index contributed by atoms with van der Waals surface area (Å²) in [5, 5.41) is 8.98. The number of aryl methyl sites for hydroxylation is 3. The average Bonchev–Trinajstić information content (AvgIpc) is 3.17. The Kier molecular flexibility index (Phi) is 14.4. The molecular weight excluding hydrogens is 702 g/mol. The fourth-order valence-corrected chi connectivity index (χ4v) is 6.23. The lowest BCUT2D eigenvalue weighted by atomic mass is 10.1. The number of hydrogen-bond donors (Lipinski definition) is 3. The molecule has 13 heteroatoms. The second kappa shape index (κ2) is 19.4. The second-order valence-corrected chi connectivity index (χ2v) is 14.2. The summed E-state index contributed by atoms with van der Waals surface area (Å²) in [6.45, 7) is 17.3. The first-order chi connectivity index (χ1) is 26.4. The number of piperazine rings is 1. The van der Waals surface area contributed by atoms with Crippen molar-refractivity contribution in [3.05, 3.63) is 88.9 Å². The van der Waals surface area contributed by atoms with E-state index in [1.807, 2.05) is 52.0 Å². The van der Waals surface area contributed by atoms with Crippen LogP contribution in [0.25, 0.3) is 0 Å². The quantitative estimate of drug-likeness (QED) is 0.101. The zero-order valence-corrected chi connectivity index (χ0v) is 33.0. The minimum atomic E-state index is -0.530. The number of carbonyl (C=O) groups excluding carboxylic acids is 2.